The number of aryl methyl sites for hydroxylation is 1. The molecule has 5 N–H and O–H groups in total. The first-order chi connectivity index (χ1) is 15.2. The molecule has 1 aliphatic carbocycles. The van der Waals surface area contributed by atoms with Gasteiger partial charge in [0, 0.05) is 44.0 Å². The van der Waals surface area contributed by atoms with Crippen LogP contribution in [0.15, 0.2) is 35.4 Å². The number of nitrogen functional groups attached to an aromatic ring is 2. The summed E-state index contributed by atoms with van der Waals surface area (Å²) < 4.78 is 11.0. The lowest BCUT2D eigenvalue weighted by Crippen LogP contribution is -2.37. The summed E-state index contributed by atoms with van der Waals surface area (Å²) in [7, 11) is 0. The van der Waals surface area contributed by atoms with Crippen LogP contribution < -0.4 is 16.2 Å². The summed E-state index contributed by atoms with van der Waals surface area (Å²) in [5, 5.41) is 0. The summed E-state index contributed by atoms with van der Waals surface area (Å²) in [6.07, 6.45) is 5.32. The fourth-order valence-corrected chi connectivity index (χ4v) is 4.75. The van der Waals surface area contributed by atoms with Crippen molar-refractivity contribution in [3.8, 4) is 11.1 Å². The van der Waals surface area contributed by atoms with Crippen molar-refractivity contribution in [1.29, 1.82) is 0 Å². The van der Waals surface area contributed by atoms with Crippen molar-refractivity contribution in [1.82, 2.24) is 24.2 Å². The average molecular weight is 440 g/mol. The third kappa shape index (κ3) is 4.79. The van der Waals surface area contributed by atoms with Crippen molar-refractivity contribution in [2.45, 2.75) is 36.7 Å². The van der Waals surface area contributed by atoms with Gasteiger partial charge >= 0.3 is 0 Å². The molecule has 2 fully saturated rings. The molecule has 2 aromatic heterocycles. The van der Waals surface area contributed by atoms with E-state index in [1.807, 2.05) is 12.3 Å². The van der Waals surface area contributed by atoms with Crippen molar-refractivity contribution >= 4 is 34.7 Å². The van der Waals surface area contributed by atoms with Gasteiger partial charge in [-0.15, -0.1) is 0 Å². The van der Waals surface area contributed by atoms with E-state index in [-0.39, 0.29) is 0 Å². The van der Waals surface area contributed by atoms with Gasteiger partial charge in [0.1, 0.15) is 5.82 Å². The molecule has 3 heterocycles. The lowest BCUT2D eigenvalue weighted by Gasteiger charge is -2.26. The number of anilines is 2. The number of imidazole rings is 1. The molecule has 1 aliphatic heterocycles. The van der Waals surface area contributed by atoms with Gasteiger partial charge in [0.05, 0.1) is 29.1 Å². The van der Waals surface area contributed by atoms with E-state index in [9.17, 15) is 0 Å². The fourth-order valence-electron chi connectivity index (χ4n) is 3.88. The fraction of sp³-hybridized carbons (Fsp3) is 0.455. The minimum Gasteiger partial charge on any atom is -0.383 e. The minimum absolute atomic E-state index is 0.556. The Morgan fingerprint density at radius 1 is 1.10 bits per heavy atom. The summed E-state index contributed by atoms with van der Waals surface area (Å²) >= 11 is 1.57. The molecule has 31 heavy (non-hydrogen) atoms. The summed E-state index contributed by atoms with van der Waals surface area (Å²) in [5.41, 5.74) is 16.4. The highest BCUT2D eigenvalue weighted by molar-refractivity contribution is 7.97. The second-order valence-electron chi connectivity index (χ2n) is 8.23. The third-order valence-electron chi connectivity index (χ3n) is 5.87. The second-order valence-corrected chi connectivity index (χ2v) is 9.11. The molecule has 0 amide bonds. The van der Waals surface area contributed by atoms with Gasteiger partial charge in [0.15, 0.2) is 0 Å². The highest BCUT2D eigenvalue weighted by atomic mass is 32.2. The standard InChI is InChI=1S/C22H29N7OS/c23-21-20(31-27-17-3-4-17)13-16(14-25-21)15-2-5-18-19(12-15)29(22(24)26-18)7-1-6-28-8-10-30-11-9-28/h2,5,12-14,17,27H,1,3-4,6-11H2,(H2,23,25)(H2,24,26). The highest BCUT2D eigenvalue weighted by Gasteiger charge is 2.21. The maximum atomic E-state index is 6.26. The molecule has 0 bridgehead atoms. The van der Waals surface area contributed by atoms with Gasteiger partial charge < -0.3 is 20.8 Å². The zero-order valence-corrected chi connectivity index (χ0v) is 18.4. The number of nitrogens with one attached hydrogen (secondary N) is 1. The van der Waals surface area contributed by atoms with Crippen molar-refractivity contribution in [3.63, 3.8) is 0 Å². The first kappa shape index (κ1) is 20.6. The van der Waals surface area contributed by atoms with E-state index in [1.165, 1.54) is 12.8 Å². The summed E-state index contributed by atoms with van der Waals surface area (Å²) in [4.78, 5) is 12.4. The molecule has 5 rings (SSSR count). The SMILES string of the molecule is Nc1ncc(-c2ccc3nc(N)n(CCCN4CCOCC4)c3c2)cc1SNC1CC1. The van der Waals surface area contributed by atoms with Crippen LogP contribution >= 0.6 is 11.9 Å². The quantitative estimate of drug-likeness (QED) is 0.460. The van der Waals surface area contributed by atoms with Crippen LogP contribution in [-0.4, -0.2) is 58.3 Å². The Morgan fingerprint density at radius 2 is 1.94 bits per heavy atom. The zero-order valence-electron chi connectivity index (χ0n) is 17.6. The van der Waals surface area contributed by atoms with Crippen LogP contribution in [-0.2, 0) is 11.3 Å². The Labute approximate surface area is 186 Å². The number of aromatic nitrogens is 3. The van der Waals surface area contributed by atoms with Gasteiger partial charge in [-0.1, -0.05) is 6.07 Å². The van der Waals surface area contributed by atoms with Gasteiger partial charge in [-0.2, -0.15) is 0 Å². The summed E-state index contributed by atoms with van der Waals surface area (Å²) in [6.45, 7) is 5.54. The number of pyridine rings is 1. The zero-order chi connectivity index (χ0) is 21.2. The molecule has 2 aliphatic rings. The predicted molar refractivity (Wildman–Crippen MR) is 126 cm³/mol. The number of nitrogens with zero attached hydrogens (tertiary/aromatic N) is 4. The second kappa shape index (κ2) is 9.04. The number of fused-ring (bicyclic) bond motifs is 1. The van der Waals surface area contributed by atoms with E-state index in [0.717, 1.165) is 72.9 Å². The average Bonchev–Trinajstić information content (AvgIpc) is 3.57. The molecule has 0 spiro atoms. The molecule has 8 nitrogen and oxygen atoms in total. The molecule has 1 aromatic carbocycles. The lowest BCUT2D eigenvalue weighted by molar-refractivity contribution is 0.0370. The van der Waals surface area contributed by atoms with Crippen LogP contribution in [0.2, 0.25) is 0 Å². The molecule has 0 unspecified atom stereocenters. The van der Waals surface area contributed by atoms with Gasteiger partial charge in [-0.3, -0.25) is 9.62 Å². The van der Waals surface area contributed by atoms with Crippen LogP contribution in [0.25, 0.3) is 22.2 Å². The van der Waals surface area contributed by atoms with E-state index in [1.54, 1.807) is 11.9 Å². The van der Waals surface area contributed by atoms with Crippen molar-refractivity contribution in [2.75, 3.05) is 44.3 Å². The number of hydrogen-bond donors (Lipinski definition) is 3. The van der Waals surface area contributed by atoms with E-state index >= 15 is 0 Å². The number of morpholine rings is 1. The summed E-state index contributed by atoms with van der Waals surface area (Å²) in [5.74, 6) is 1.12. The number of ether oxygens (including phenoxy) is 1. The minimum atomic E-state index is 0.556. The van der Waals surface area contributed by atoms with Crippen molar-refractivity contribution in [3.05, 3.63) is 30.5 Å². The van der Waals surface area contributed by atoms with E-state index in [2.05, 4.69) is 42.4 Å². The van der Waals surface area contributed by atoms with Crippen molar-refractivity contribution in [2.24, 2.45) is 0 Å². The van der Waals surface area contributed by atoms with E-state index in [4.69, 9.17) is 16.2 Å². The predicted octanol–water partition coefficient (Wildman–Crippen LogP) is 2.74. The number of rotatable bonds is 8. The molecule has 0 radical (unpaired) electrons. The molecule has 1 saturated heterocycles. The molecule has 0 atom stereocenters. The van der Waals surface area contributed by atoms with Crippen LogP contribution in [0.4, 0.5) is 11.8 Å². The molecule has 1 saturated carbocycles. The summed E-state index contributed by atoms with van der Waals surface area (Å²) in [6, 6.07) is 8.96. The smallest absolute Gasteiger partial charge is 0.201 e. The number of benzene rings is 1. The maximum Gasteiger partial charge on any atom is 0.201 e. The number of nitrogens with two attached hydrogens (primary N) is 2. The van der Waals surface area contributed by atoms with Crippen LogP contribution in [0.3, 0.4) is 0 Å². The lowest BCUT2D eigenvalue weighted by atomic mass is 10.1. The van der Waals surface area contributed by atoms with Gasteiger partial charge in [0.2, 0.25) is 5.95 Å². The monoisotopic (exact) mass is 439 g/mol. The maximum absolute atomic E-state index is 6.26. The third-order valence-corrected chi connectivity index (χ3v) is 6.86. The van der Waals surface area contributed by atoms with Crippen molar-refractivity contribution < 1.29 is 4.74 Å². The Hall–Kier alpha value is -2.33. The van der Waals surface area contributed by atoms with Crippen LogP contribution in [0, 0.1) is 0 Å². The van der Waals surface area contributed by atoms with Crippen LogP contribution in [0.1, 0.15) is 19.3 Å². The number of hydrogen-bond acceptors (Lipinski definition) is 8. The van der Waals surface area contributed by atoms with Gasteiger partial charge in [-0.25, -0.2) is 9.97 Å². The molecule has 9 heteroatoms. The Kier molecular flexibility index (Phi) is 5.99. The van der Waals surface area contributed by atoms with E-state index in [0.29, 0.717) is 17.8 Å². The normalized spacial score (nSPS) is 17.4. The largest absolute Gasteiger partial charge is 0.383 e. The molecule has 164 valence electrons. The van der Waals surface area contributed by atoms with Gasteiger partial charge in [0.25, 0.3) is 0 Å². The van der Waals surface area contributed by atoms with Gasteiger partial charge in [-0.05, 0) is 55.0 Å². The highest BCUT2D eigenvalue weighted by Crippen LogP contribution is 2.32. The Balaban J connectivity index is 1.35. The molecule has 3 aromatic rings. The van der Waals surface area contributed by atoms with E-state index < -0.39 is 0 Å². The Morgan fingerprint density at radius 3 is 2.74 bits per heavy atom. The first-order valence-electron chi connectivity index (χ1n) is 10.9. The molecular formula is C22H29N7OS. The van der Waals surface area contributed by atoms with Crippen LogP contribution in [0.5, 0.6) is 0 Å². The first-order valence-corrected chi connectivity index (χ1v) is 11.7. The Bertz CT molecular complexity index is 1060. The topological polar surface area (TPSA) is 107 Å². The molecular weight excluding hydrogens is 410 g/mol.